The monoisotopic (exact) mass is 317 g/mol. The van der Waals surface area contributed by atoms with Crippen LogP contribution in [0.3, 0.4) is 0 Å². The van der Waals surface area contributed by atoms with Gasteiger partial charge in [0, 0.05) is 30.7 Å². The minimum Gasteiger partial charge on any atom is -0.334 e. The van der Waals surface area contributed by atoms with Gasteiger partial charge < -0.3 is 9.47 Å². The van der Waals surface area contributed by atoms with Crippen molar-refractivity contribution in [2.24, 2.45) is 0 Å². The lowest BCUT2D eigenvalue weighted by Crippen LogP contribution is -2.28. The fraction of sp³-hybridized carbons (Fsp3) is 0.200. The van der Waals surface area contributed by atoms with E-state index >= 15 is 0 Å². The predicted octanol–water partition coefficient (Wildman–Crippen LogP) is 3.99. The zero-order chi connectivity index (χ0) is 16.8. The first kappa shape index (κ1) is 14.7. The van der Waals surface area contributed by atoms with E-state index in [0.29, 0.717) is 5.69 Å². The lowest BCUT2D eigenvalue weighted by molar-refractivity contribution is 0.0741. The van der Waals surface area contributed by atoms with Crippen molar-refractivity contribution < 1.29 is 4.79 Å². The van der Waals surface area contributed by atoms with E-state index in [1.807, 2.05) is 49.1 Å². The molecule has 0 radical (unpaired) electrons. The van der Waals surface area contributed by atoms with Crippen LogP contribution < -0.4 is 0 Å². The second kappa shape index (κ2) is 5.34. The Balaban J connectivity index is 1.97. The molecule has 4 rings (SSSR count). The van der Waals surface area contributed by atoms with E-state index in [0.717, 1.165) is 28.1 Å². The molecule has 1 aliphatic heterocycles. The Labute approximate surface area is 141 Å². The molecule has 0 saturated heterocycles. The number of nitrogens with zero attached hydrogens (tertiary/aromatic N) is 3. The van der Waals surface area contributed by atoms with Gasteiger partial charge in [0.1, 0.15) is 5.69 Å². The van der Waals surface area contributed by atoms with Gasteiger partial charge in [0.15, 0.2) is 0 Å². The Hall–Kier alpha value is -2.88. The van der Waals surface area contributed by atoms with Crippen LogP contribution in [0.2, 0.25) is 0 Å². The number of carbonyl (C=O) groups excluding carboxylic acids is 1. The molecule has 0 bridgehead atoms. The van der Waals surface area contributed by atoms with Crippen LogP contribution >= 0.6 is 0 Å². The van der Waals surface area contributed by atoms with Crippen molar-refractivity contribution in [3.8, 4) is 16.8 Å². The quantitative estimate of drug-likeness (QED) is 0.680. The summed E-state index contributed by atoms with van der Waals surface area (Å²) in [5, 5.41) is 0. The third kappa shape index (κ3) is 2.07. The van der Waals surface area contributed by atoms with Gasteiger partial charge in [-0.25, -0.2) is 0 Å². The van der Waals surface area contributed by atoms with E-state index in [1.165, 1.54) is 0 Å². The van der Waals surface area contributed by atoms with Crippen molar-refractivity contribution in [1.82, 2.24) is 14.5 Å². The van der Waals surface area contributed by atoms with E-state index < -0.39 is 0 Å². The summed E-state index contributed by atoms with van der Waals surface area (Å²) in [6.07, 6.45) is 3.76. The highest BCUT2D eigenvalue weighted by Gasteiger charge is 2.28. The molecule has 0 saturated carbocycles. The molecular weight excluding hydrogens is 298 g/mol. The van der Waals surface area contributed by atoms with Gasteiger partial charge in [-0.15, -0.1) is 0 Å². The Kier molecular flexibility index (Phi) is 3.27. The molecule has 0 spiro atoms. The van der Waals surface area contributed by atoms with E-state index in [2.05, 4.69) is 36.2 Å². The normalized spacial score (nSPS) is 16.5. The number of amides is 1. The van der Waals surface area contributed by atoms with Gasteiger partial charge in [-0.05, 0) is 49.2 Å². The Morgan fingerprint density at radius 1 is 1.12 bits per heavy atom. The molecule has 3 heterocycles. The van der Waals surface area contributed by atoms with Crippen LogP contribution in [0.4, 0.5) is 0 Å². The number of hydrogen-bond acceptors (Lipinski definition) is 2. The standard InChI is InChI=1S/C20H19N3O/c1-13-16(6-4-10-21-13)15-8-9-17-14(2)22(3)20(24)18-7-5-11-23(18)19(17)12-15/h4-12,14H,1-3H3. The maximum Gasteiger partial charge on any atom is 0.271 e. The van der Waals surface area contributed by atoms with Crippen LogP contribution in [-0.2, 0) is 0 Å². The van der Waals surface area contributed by atoms with Gasteiger partial charge in [0.25, 0.3) is 5.91 Å². The first-order valence-electron chi connectivity index (χ1n) is 8.09. The van der Waals surface area contributed by atoms with Crippen LogP contribution in [0.15, 0.2) is 54.9 Å². The molecule has 1 unspecified atom stereocenters. The summed E-state index contributed by atoms with van der Waals surface area (Å²) in [6, 6.07) is 14.3. The number of pyridine rings is 1. The molecule has 2 aromatic heterocycles. The predicted molar refractivity (Wildman–Crippen MR) is 94.2 cm³/mol. The molecular formula is C20H19N3O. The lowest BCUT2D eigenvalue weighted by Gasteiger charge is -2.23. The first-order valence-corrected chi connectivity index (χ1v) is 8.09. The molecule has 1 aromatic carbocycles. The topological polar surface area (TPSA) is 38.1 Å². The van der Waals surface area contributed by atoms with Crippen LogP contribution in [0.5, 0.6) is 0 Å². The molecule has 120 valence electrons. The van der Waals surface area contributed by atoms with Crippen LogP contribution in [0.1, 0.15) is 34.7 Å². The highest BCUT2D eigenvalue weighted by Crippen LogP contribution is 2.35. The van der Waals surface area contributed by atoms with Crippen molar-refractivity contribution in [3.63, 3.8) is 0 Å². The molecule has 1 atom stereocenters. The van der Waals surface area contributed by atoms with Gasteiger partial charge in [-0.2, -0.15) is 0 Å². The third-order valence-corrected chi connectivity index (χ3v) is 4.93. The number of fused-ring (bicyclic) bond motifs is 3. The lowest BCUT2D eigenvalue weighted by atomic mass is 9.98. The van der Waals surface area contributed by atoms with Crippen LogP contribution in [-0.4, -0.2) is 27.4 Å². The highest BCUT2D eigenvalue weighted by molar-refractivity contribution is 5.94. The Morgan fingerprint density at radius 2 is 1.96 bits per heavy atom. The SMILES string of the molecule is Cc1ncccc1-c1ccc2c(c1)-n1cccc1C(=O)N(C)C2C. The number of carbonyl (C=O) groups is 1. The fourth-order valence-electron chi connectivity index (χ4n) is 3.39. The highest BCUT2D eigenvalue weighted by atomic mass is 16.2. The first-order chi connectivity index (χ1) is 11.6. The van der Waals surface area contributed by atoms with E-state index in [1.54, 1.807) is 4.90 Å². The molecule has 0 N–H and O–H groups in total. The van der Waals surface area contributed by atoms with Crippen molar-refractivity contribution in [1.29, 1.82) is 0 Å². The third-order valence-electron chi connectivity index (χ3n) is 4.93. The minimum absolute atomic E-state index is 0.0245. The van der Waals surface area contributed by atoms with Gasteiger partial charge in [0.05, 0.1) is 11.7 Å². The molecule has 0 fully saturated rings. The summed E-state index contributed by atoms with van der Waals surface area (Å²) in [5.74, 6) is 0.0443. The molecule has 1 amide bonds. The summed E-state index contributed by atoms with van der Waals surface area (Å²) in [6.45, 7) is 4.08. The van der Waals surface area contributed by atoms with Gasteiger partial charge in [-0.3, -0.25) is 9.78 Å². The van der Waals surface area contributed by atoms with Crippen molar-refractivity contribution in [2.75, 3.05) is 7.05 Å². The molecule has 4 nitrogen and oxygen atoms in total. The van der Waals surface area contributed by atoms with E-state index in [-0.39, 0.29) is 11.9 Å². The number of aromatic nitrogens is 2. The average molecular weight is 317 g/mol. The molecule has 24 heavy (non-hydrogen) atoms. The smallest absolute Gasteiger partial charge is 0.271 e. The summed E-state index contributed by atoms with van der Waals surface area (Å²) in [7, 11) is 1.86. The Morgan fingerprint density at radius 3 is 2.75 bits per heavy atom. The second-order valence-electron chi connectivity index (χ2n) is 6.27. The van der Waals surface area contributed by atoms with Gasteiger partial charge in [-0.1, -0.05) is 18.2 Å². The molecule has 1 aliphatic rings. The van der Waals surface area contributed by atoms with Crippen molar-refractivity contribution >= 4 is 5.91 Å². The van der Waals surface area contributed by atoms with Crippen molar-refractivity contribution in [3.05, 3.63) is 71.8 Å². The second-order valence-corrected chi connectivity index (χ2v) is 6.27. The van der Waals surface area contributed by atoms with Crippen molar-refractivity contribution in [2.45, 2.75) is 19.9 Å². The molecule has 0 aliphatic carbocycles. The zero-order valence-corrected chi connectivity index (χ0v) is 14.0. The summed E-state index contributed by atoms with van der Waals surface area (Å²) in [5.41, 5.74) is 6.13. The van der Waals surface area contributed by atoms with Crippen LogP contribution in [0.25, 0.3) is 16.8 Å². The number of hydrogen-bond donors (Lipinski definition) is 0. The van der Waals surface area contributed by atoms with Gasteiger partial charge >= 0.3 is 0 Å². The summed E-state index contributed by atoms with van der Waals surface area (Å²) >= 11 is 0. The maximum atomic E-state index is 12.7. The van der Waals surface area contributed by atoms with Crippen LogP contribution in [0, 0.1) is 6.92 Å². The number of aryl methyl sites for hydroxylation is 1. The largest absolute Gasteiger partial charge is 0.334 e. The van der Waals surface area contributed by atoms with E-state index in [9.17, 15) is 4.79 Å². The molecule has 3 aromatic rings. The molecule has 4 heteroatoms. The number of rotatable bonds is 1. The van der Waals surface area contributed by atoms with E-state index in [4.69, 9.17) is 0 Å². The summed E-state index contributed by atoms with van der Waals surface area (Å²) in [4.78, 5) is 18.9. The zero-order valence-electron chi connectivity index (χ0n) is 14.0. The minimum atomic E-state index is 0.0245. The fourth-order valence-corrected chi connectivity index (χ4v) is 3.39. The average Bonchev–Trinajstić information content (AvgIpc) is 3.07. The van der Waals surface area contributed by atoms with Gasteiger partial charge in [0.2, 0.25) is 0 Å². The maximum absolute atomic E-state index is 12.7. The number of benzene rings is 1. The Bertz CT molecular complexity index is 942. The summed E-state index contributed by atoms with van der Waals surface area (Å²) < 4.78 is 1.99.